The van der Waals surface area contributed by atoms with E-state index in [-0.39, 0.29) is 12.5 Å². The van der Waals surface area contributed by atoms with E-state index in [1.165, 1.54) is 18.3 Å². The first kappa shape index (κ1) is 17.8. The molecule has 0 radical (unpaired) electrons. The predicted octanol–water partition coefficient (Wildman–Crippen LogP) is 2.95. The van der Waals surface area contributed by atoms with Gasteiger partial charge in [0.1, 0.15) is 23.5 Å². The molecule has 0 fully saturated rings. The van der Waals surface area contributed by atoms with E-state index < -0.39 is 5.97 Å². The Morgan fingerprint density at radius 2 is 1.88 bits per heavy atom. The van der Waals surface area contributed by atoms with Gasteiger partial charge >= 0.3 is 5.97 Å². The summed E-state index contributed by atoms with van der Waals surface area (Å²) in [5.74, 6) is -0.0961. The first-order valence-electron chi connectivity index (χ1n) is 7.92. The number of aromatic nitrogens is 2. The molecule has 0 atom stereocenters. The predicted molar refractivity (Wildman–Crippen MR) is 101 cm³/mol. The number of carbonyl (C=O) groups is 2. The van der Waals surface area contributed by atoms with Crippen LogP contribution >= 0.6 is 11.3 Å². The molecule has 0 bridgehead atoms. The number of nitrogens with one attached hydrogen (secondary N) is 2. The highest BCUT2D eigenvalue weighted by Gasteiger charge is 2.12. The van der Waals surface area contributed by atoms with E-state index in [9.17, 15) is 9.59 Å². The number of hydrogen-bond donors (Lipinski definition) is 2. The van der Waals surface area contributed by atoms with Crippen LogP contribution in [0.15, 0.2) is 30.6 Å². The normalized spacial score (nSPS) is 10.6. The Kier molecular flexibility index (Phi) is 5.13. The van der Waals surface area contributed by atoms with Gasteiger partial charge in [-0.25, -0.2) is 9.97 Å². The summed E-state index contributed by atoms with van der Waals surface area (Å²) in [6, 6.07) is 6.93. The van der Waals surface area contributed by atoms with Crippen LogP contribution in [0.1, 0.15) is 20.8 Å². The van der Waals surface area contributed by atoms with Gasteiger partial charge < -0.3 is 15.4 Å². The van der Waals surface area contributed by atoms with Crippen LogP contribution in [-0.4, -0.2) is 35.5 Å². The second kappa shape index (κ2) is 7.49. The van der Waals surface area contributed by atoms with Crippen molar-refractivity contribution in [2.75, 3.05) is 19.0 Å². The van der Waals surface area contributed by atoms with Crippen LogP contribution in [-0.2, 0) is 9.53 Å². The zero-order chi connectivity index (χ0) is 18.7. The van der Waals surface area contributed by atoms with Gasteiger partial charge in [0, 0.05) is 16.1 Å². The van der Waals surface area contributed by atoms with Crippen LogP contribution in [0.5, 0.6) is 0 Å². The monoisotopic (exact) mass is 370 g/mol. The zero-order valence-electron chi connectivity index (χ0n) is 14.6. The van der Waals surface area contributed by atoms with Gasteiger partial charge in [0.2, 0.25) is 0 Å². The molecule has 26 heavy (non-hydrogen) atoms. The first-order valence-corrected chi connectivity index (χ1v) is 8.74. The van der Waals surface area contributed by atoms with Crippen molar-refractivity contribution in [1.29, 1.82) is 0 Å². The molecule has 0 unspecified atom stereocenters. The third kappa shape index (κ3) is 3.65. The Balaban J connectivity index is 1.76. The summed E-state index contributed by atoms with van der Waals surface area (Å²) in [5.41, 5.74) is 2.42. The molecule has 7 nitrogen and oxygen atoms in total. The number of hydrogen-bond acceptors (Lipinski definition) is 7. The molecule has 2 N–H and O–H groups in total. The molecule has 1 aromatic carbocycles. The van der Waals surface area contributed by atoms with E-state index in [1.807, 2.05) is 0 Å². The molecule has 2 aromatic heterocycles. The van der Waals surface area contributed by atoms with Gasteiger partial charge in [-0.2, -0.15) is 0 Å². The SMILES string of the molecule is COC(=O)CNC(=O)c1ccc(Nc2ncnc3sc(C)c(C)c23)cc1. The van der Waals surface area contributed by atoms with Crippen LogP contribution in [0.3, 0.4) is 0 Å². The highest BCUT2D eigenvalue weighted by molar-refractivity contribution is 7.18. The number of fused-ring (bicyclic) bond motifs is 1. The molecule has 8 heteroatoms. The summed E-state index contributed by atoms with van der Waals surface area (Å²) in [6.07, 6.45) is 1.54. The number of amides is 1. The Morgan fingerprint density at radius 1 is 1.15 bits per heavy atom. The number of anilines is 2. The fourth-order valence-corrected chi connectivity index (χ4v) is 3.44. The van der Waals surface area contributed by atoms with E-state index in [2.05, 4.69) is 39.2 Å². The third-order valence-corrected chi connectivity index (χ3v) is 5.11. The molecule has 0 saturated heterocycles. The van der Waals surface area contributed by atoms with Gasteiger partial charge in [0.05, 0.1) is 12.5 Å². The zero-order valence-corrected chi connectivity index (χ0v) is 15.4. The number of ether oxygens (including phenoxy) is 1. The molecule has 3 rings (SSSR count). The number of thiophene rings is 1. The van der Waals surface area contributed by atoms with Crippen LogP contribution in [0.25, 0.3) is 10.2 Å². The lowest BCUT2D eigenvalue weighted by atomic mass is 10.2. The van der Waals surface area contributed by atoms with Crippen LogP contribution in [0, 0.1) is 13.8 Å². The van der Waals surface area contributed by atoms with Gasteiger partial charge in [0.15, 0.2) is 0 Å². The summed E-state index contributed by atoms with van der Waals surface area (Å²) < 4.78 is 4.49. The Morgan fingerprint density at radius 3 is 2.58 bits per heavy atom. The maximum atomic E-state index is 12.0. The van der Waals surface area contributed by atoms with E-state index in [1.54, 1.807) is 35.6 Å². The minimum atomic E-state index is -0.495. The molecular weight excluding hydrogens is 352 g/mol. The van der Waals surface area contributed by atoms with Crippen molar-refractivity contribution >= 4 is 44.9 Å². The van der Waals surface area contributed by atoms with E-state index >= 15 is 0 Å². The smallest absolute Gasteiger partial charge is 0.325 e. The minimum Gasteiger partial charge on any atom is -0.468 e. The lowest BCUT2D eigenvalue weighted by Crippen LogP contribution is -2.30. The maximum absolute atomic E-state index is 12.0. The van der Waals surface area contributed by atoms with Gasteiger partial charge in [0.25, 0.3) is 5.91 Å². The molecule has 0 aliphatic rings. The van der Waals surface area contributed by atoms with Crippen LogP contribution in [0.4, 0.5) is 11.5 Å². The number of nitrogens with zero attached hydrogens (tertiary/aromatic N) is 2. The summed E-state index contributed by atoms with van der Waals surface area (Å²) in [7, 11) is 1.27. The Labute approximate surface area is 154 Å². The number of carbonyl (C=O) groups excluding carboxylic acids is 2. The summed E-state index contributed by atoms with van der Waals surface area (Å²) >= 11 is 1.64. The summed E-state index contributed by atoms with van der Waals surface area (Å²) in [6.45, 7) is 3.95. The van der Waals surface area contributed by atoms with Crippen LogP contribution < -0.4 is 10.6 Å². The van der Waals surface area contributed by atoms with E-state index in [4.69, 9.17) is 0 Å². The molecule has 0 aliphatic carbocycles. The number of benzene rings is 1. The third-order valence-electron chi connectivity index (χ3n) is 4.00. The topological polar surface area (TPSA) is 93.2 Å². The number of esters is 1. The highest BCUT2D eigenvalue weighted by Crippen LogP contribution is 2.33. The van der Waals surface area contributed by atoms with E-state index in [0.29, 0.717) is 5.56 Å². The average molecular weight is 370 g/mol. The van der Waals surface area contributed by atoms with Gasteiger partial charge in [-0.1, -0.05) is 0 Å². The van der Waals surface area contributed by atoms with Crippen molar-refractivity contribution in [2.45, 2.75) is 13.8 Å². The van der Waals surface area contributed by atoms with Crippen LogP contribution in [0.2, 0.25) is 0 Å². The van der Waals surface area contributed by atoms with Crippen molar-refractivity contribution < 1.29 is 14.3 Å². The average Bonchev–Trinajstić information content (AvgIpc) is 2.95. The lowest BCUT2D eigenvalue weighted by molar-refractivity contribution is -0.139. The summed E-state index contributed by atoms with van der Waals surface area (Å²) in [4.78, 5) is 33.9. The quantitative estimate of drug-likeness (QED) is 0.671. The van der Waals surface area contributed by atoms with Gasteiger partial charge in [-0.3, -0.25) is 9.59 Å². The van der Waals surface area contributed by atoms with Gasteiger partial charge in [-0.15, -0.1) is 11.3 Å². The minimum absolute atomic E-state index is 0.162. The standard InChI is InChI=1S/C18H18N4O3S/c1-10-11(2)26-18-15(10)16(20-9-21-18)22-13-6-4-12(5-7-13)17(24)19-8-14(23)25-3/h4-7,9H,8H2,1-3H3,(H,19,24)(H,20,21,22). The van der Waals surface area contributed by atoms with Gasteiger partial charge in [-0.05, 0) is 43.7 Å². The van der Waals surface area contributed by atoms with E-state index in [0.717, 1.165) is 27.3 Å². The van der Waals surface area contributed by atoms with Crippen molar-refractivity contribution in [3.05, 3.63) is 46.6 Å². The van der Waals surface area contributed by atoms with Crippen molar-refractivity contribution in [1.82, 2.24) is 15.3 Å². The largest absolute Gasteiger partial charge is 0.468 e. The molecule has 134 valence electrons. The second-order valence-corrected chi connectivity index (χ2v) is 6.85. The molecule has 2 heterocycles. The Bertz CT molecular complexity index is 966. The molecule has 3 aromatic rings. The lowest BCUT2D eigenvalue weighted by Gasteiger charge is -2.09. The molecule has 0 saturated carbocycles. The fourth-order valence-electron chi connectivity index (χ4n) is 2.45. The maximum Gasteiger partial charge on any atom is 0.325 e. The van der Waals surface area contributed by atoms with Crippen molar-refractivity contribution in [2.24, 2.45) is 0 Å². The molecule has 0 aliphatic heterocycles. The fraction of sp³-hybridized carbons (Fsp3) is 0.222. The molecule has 0 spiro atoms. The molecular formula is C18H18N4O3S. The second-order valence-electron chi connectivity index (χ2n) is 5.65. The number of aryl methyl sites for hydroxylation is 2. The Hall–Kier alpha value is -3.00. The van der Waals surface area contributed by atoms with Crippen molar-refractivity contribution in [3.63, 3.8) is 0 Å². The first-order chi connectivity index (χ1) is 12.5. The van der Waals surface area contributed by atoms with Crippen molar-refractivity contribution in [3.8, 4) is 0 Å². The number of rotatable bonds is 5. The summed E-state index contributed by atoms with van der Waals surface area (Å²) in [5, 5.41) is 6.79. The highest BCUT2D eigenvalue weighted by atomic mass is 32.1. The number of methoxy groups -OCH3 is 1. The molecule has 1 amide bonds.